The van der Waals surface area contributed by atoms with Crippen molar-refractivity contribution in [2.45, 2.75) is 10.3 Å². The second kappa shape index (κ2) is 4.81. The number of carboxylic acid groups (broad SMARTS) is 1. The SMILES string of the molecule is CC(I)(C(=O)O)c1ccc(I)cc1I. The Labute approximate surface area is 123 Å². The molecule has 0 aliphatic rings. The van der Waals surface area contributed by atoms with Crippen LogP contribution in [0.4, 0.5) is 0 Å². The lowest BCUT2D eigenvalue weighted by atomic mass is 10.0. The van der Waals surface area contributed by atoms with E-state index in [1.807, 2.05) is 40.8 Å². The number of hydrogen-bond acceptors (Lipinski definition) is 1. The Morgan fingerprint density at radius 3 is 2.43 bits per heavy atom. The monoisotopic (exact) mass is 528 g/mol. The van der Waals surface area contributed by atoms with Crippen LogP contribution in [0, 0.1) is 7.14 Å². The van der Waals surface area contributed by atoms with E-state index in [1.165, 1.54) is 0 Å². The summed E-state index contributed by atoms with van der Waals surface area (Å²) in [6, 6.07) is 5.79. The van der Waals surface area contributed by atoms with E-state index in [0.29, 0.717) is 0 Å². The van der Waals surface area contributed by atoms with Gasteiger partial charge in [-0.2, -0.15) is 0 Å². The van der Waals surface area contributed by atoms with Gasteiger partial charge in [-0.3, -0.25) is 4.79 Å². The van der Waals surface area contributed by atoms with Crippen molar-refractivity contribution in [1.29, 1.82) is 0 Å². The smallest absolute Gasteiger partial charge is 0.323 e. The molecule has 0 saturated carbocycles. The highest BCUT2D eigenvalue weighted by Gasteiger charge is 2.33. The average Bonchev–Trinajstić information content (AvgIpc) is 2.02. The van der Waals surface area contributed by atoms with Crippen LogP contribution in [0.1, 0.15) is 12.5 Å². The molecule has 0 aromatic heterocycles. The normalized spacial score (nSPS) is 14.9. The molecule has 76 valence electrons. The fourth-order valence-electron chi connectivity index (χ4n) is 0.985. The van der Waals surface area contributed by atoms with Crippen LogP contribution in [0.25, 0.3) is 0 Å². The van der Waals surface area contributed by atoms with E-state index in [-0.39, 0.29) is 0 Å². The zero-order valence-electron chi connectivity index (χ0n) is 7.22. The highest BCUT2D eigenvalue weighted by atomic mass is 127. The lowest BCUT2D eigenvalue weighted by molar-refractivity contribution is -0.139. The van der Waals surface area contributed by atoms with E-state index < -0.39 is 9.39 Å². The predicted molar refractivity (Wildman–Crippen MR) is 80.9 cm³/mol. The van der Waals surface area contributed by atoms with Crippen LogP contribution >= 0.6 is 67.8 Å². The molecule has 1 rings (SSSR count). The molecule has 0 bridgehead atoms. The van der Waals surface area contributed by atoms with Gasteiger partial charge in [0.05, 0.1) is 0 Å². The minimum atomic E-state index is -0.849. The summed E-state index contributed by atoms with van der Waals surface area (Å²) in [6.45, 7) is 1.71. The zero-order chi connectivity index (χ0) is 10.9. The molecule has 1 N–H and O–H groups in total. The van der Waals surface area contributed by atoms with Gasteiger partial charge in [-0.05, 0) is 69.8 Å². The Hall–Kier alpha value is 0.880. The molecule has 0 aliphatic carbocycles. The molecule has 5 heteroatoms. The van der Waals surface area contributed by atoms with E-state index in [1.54, 1.807) is 6.92 Å². The van der Waals surface area contributed by atoms with E-state index in [2.05, 4.69) is 45.2 Å². The first-order chi connectivity index (χ1) is 6.35. The molecule has 0 fully saturated rings. The first-order valence-corrected chi connectivity index (χ1v) is 6.97. The number of hydrogen-bond donors (Lipinski definition) is 1. The molecular formula is C9H7I3O2. The molecule has 14 heavy (non-hydrogen) atoms. The number of halogens is 3. The van der Waals surface area contributed by atoms with Crippen LogP contribution in [0.15, 0.2) is 18.2 Å². The van der Waals surface area contributed by atoms with Crippen molar-refractivity contribution in [3.05, 3.63) is 30.9 Å². The van der Waals surface area contributed by atoms with Crippen LogP contribution < -0.4 is 0 Å². The first kappa shape index (κ1) is 12.9. The van der Waals surface area contributed by atoms with Crippen molar-refractivity contribution in [2.75, 3.05) is 0 Å². The molecule has 0 amide bonds. The quantitative estimate of drug-likeness (QED) is 0.471. The summed E-state index contributed by atoms with van der Waals surface area (Å²) in [5, 5.41) is 9.08. The molecule has 1 atom stereocenters. The fourth-order valence-corrected chi connectivity index (χ4v) is 4.11. The second-order valence-electron chi connectivity index (χ2n) is 2.93. The van der Waals surface area contributed by atoms with Crippen molar-refractivity contribution in [3.8, 4) is 0 Å². The maximum Gasteiger partial charge on any atom is 0.323 e. The van der Waals surface area contributed by atoms with Gasteiger partial charge in [0.15, 0.2) is 0 Å². The van der Waals surface area contributed by atoms with Gasteiger partial charge in [-0.1, -0.05) is 28.7 Å². The minimum absolute atomic E-state index is 0.808. The molecular weight excluding hydrogens is 521 g/mol. The summed E-state index contributed by atoms with van der Waals surface area (Å²) < 4.78 is 1.26. The van der Waals surface area contributed by atoms with Gasteiger partial charge in [-0.15, -0.1) is 0 Å². The van der Waals surface area contributed by atoms with E-state index in [0.717, 1.165) is 12.7 Å². The van der Waals surface area contributed by atoms with Crippen LogP contribution in [0.5, 0.6) is 0 Å². The Kier molecular flexibility index (Phi) is 4.45. The van der Waals surface area contributed by atoms with Gasteiger partial charge in [0.1, 0.15) is 3.42 Å². The molecule has 1 aromatic carbocycles. The van der Waals surface area contributed by atoms with Gasteiger partial charge in [0.2, 0.25) is 0 Å². The van der Waals surface area contributed by atoms with Gasteiger partial charge in [0.25, 0.3) is 0 Å². The van der Waals surface area contributed by atoms with E-state index >= 15 is 0 Å². The van der Waals surface area contributed by atoms with Crippen molar-refractivity contribution >= 4 is 73.7 Å². The standard InChI is InChI=1S/C9H7I3O2/c1-9(12,8(13)14)6-3-2-5(10)4-7(6)11/h2-4H,1H3,(H,13,14). The summed E-state index contributed by atoms with van der Waals surface area (Å²) >= 11 is 6.35. The van der Waals surface area contributed by atoms with Crippen molar-refractivity contribution in [1.82, 2.24) is 0 Å². The molecule has 1 unspecified atom stereocenters. The van der Waals surface area contributed by atoms with Crippen LogP contribution in [0.3, 0.4) is 0 Å². The number of rotatable bonds is 2. The molecule has 0 aliphatic heterocycles. The number of carboxylic acids is 1. The Morgan fingerprint density at radius 2 is 2.00 bits per heavy atom. The molecule has 0 radical (unpaired) electrons. The van der Waals surface area contributed by atoms with Crippen molar-refractivity contribution < 1.29 is 9.90 Å². The largest absolute Gasteiger partial charge is 0.480 e. The number of aliphatic carboxylic acids is 1. The average molecular weight is 528 g/mol. The third-order valence-corrected chi connectivity index (χ3v) is 4.44. The molecule has 2 nitrogen and oxygen atoms in total. The predicted octanol–water partition coefficient (Wildman–Crippen LogP) is 3.63. The molecule has 1 aromatic rings. The summed E-state index contributed by atoms with van der Waals surface area (Å²) in [5.41, 5.74) is 0.853. The second-order valence-corrected chi connectivity index (χ2v) is 7.50. The molecule has 0 saturated heterocycles. The Balaban J connectivity index is 3.26. The number of alkyl halides is 1. The van der Waals surface area contributed by atoms with E-state index in [4.69, 9.17) is 5.11 Å². The third kappa shape index (κ3) is 2.71. The van der Waals surface area contributed by atoms with Gasteiger partial charge < -0.3 is 5.11 Å². The van der Waals surface area contributed by atoms with E-state index in [9.17, 15) is 4.79 Å². The lowest BCUT2D eigenvalue weighted by Crippen LogP contribution is -2.25. The summed E-state index contributed by atoms with van der Waals surface area (Å²) in [6.07, 6.45) is 0. The summed E-state index contributed by atoms with van der Waals surface area (Å²) in [7, 11) is 0. The minimum Gasteiger partial charge on any atom is -0.480 e. The fraction of sp³-hybridized carbons (Fsp3) is 0.222. The molecule has 0 spiro atoms. The van der Waals surface area contributed by atoms with Gasteiger partial charge in [0, 0.05) is 7.14 Å². The highest BCUT2D eigenvalue weighted by molar-refractivity contribution is 14.1. The number of carbonyl (C=O) groups is 1. The lowest BCUT2D eigenvalue weighted by Gasteiger charge is -2.19. The maximum atomic E-state index is 11.0. The maximum absolute atomic E-state index is 11.0. The van der Waals surface area contributed by atoms with Crippen LogP contribution in [-0.2, 0) is 8.22 Å². The Morgan fingerprint density at radius 1 is 1.43 bits per heavy atom. The van der Waals surface area contributed by atoms with Gasteiger partial charge in [-0.25, -0.2) is 0 Å². The first-order valence-electron chi connectivity index (χ1n) is 3.73. The van der Waals surface area contributed by atoms with Crippen LogP contribution in [-0.4, -0.2) is 11.1 Å². The number of benzene rings is 1. The van der Waals surface area contributed by atoms with Crippen molar-refractivity contribution in [3.63, 3.8) is 0 Å². The highest BCUT2D eigenvalue weighted by Crippen LogP contribution is 2.35. The summed E-state index contributed by atoms with van der Waals surface area (Å²) in [5.74, 6) is -0.808. The van der Waals surface area contributed by atoms with Gasteiger partial charge >= 0.3 is 5.97 Å². The topological polar surface area (TPSA) is 37.3 Å². The zero-order valence-corrected chi connectivity index (χ0v) is 13.7. The van der Waals surface area contributed by atoms with Crippen LogP contribution in [0.2, 0.25) is 0 Å². The Bertz CT molecular complexity index is 374. The third-order valence-electron chi connectivity index (χ3n) is 1.84. The molecule has 0 heterocycles. The summed E-state index contributed by atoms with van der Waals surface area (Å²) in [4.78, 5) is 11.0. The van der Waals surface area contributed by atoms with Crippen molar-refractivity contribution in [2.24, 2.45) is 0 Å².